The van der Waals surface area contributed by atoms with Crippen molar-refractivity contribution >= 4 is 34.0 Å². The SMILES string of the molecule is Cc1ccc(/C=N\N2C(=O)[C@@H]3[C@H](C2=O)[C@H]2C=C[C@H]3CC2)cc1Br. The molecule has 1 heterocycles. The first-order valence-electron chi connectivity index (χ1n) is 7.92. The lowest BCUT2D eigenvalue weighted by atomic mass is 9.63. The molecular weight excluding hydrogens is 356 g/mol. The average molecular weight is 373 g/mol. The van der Waals surface area contributed by atoms with E-state index in [1.807, 2.05) is 25.1 Å². The van der Waals surface area contributed by atoms with Crippen LogP contribution in [0, 0.1) is 30.6 Å². The zero-order valence-corrected chi connectivity index (χ0v) is 14.4. The third-order valence-corrected chi connectivity index (χ3v) is 6.11. The van der Waals surface area contributed by atoms with Crippen LogP contribution in [0.15, 0.2) is 39.9 Å². The van der Waals surface area contributed by atoms with E-state index in [0.29, 0.717) is 0 Å². The molecule has 0 spiro atoms. The van der Waals surface area contributed by atoms with Crippen LogP contribution < -0.4 is 0 Å². The van der Waals surface area contributed by atoms with E-state index in [1.54, 1.807) is 6.21 Å². The number of hydrogen-bond donors (Lipinski definition) is 0. The van der Waals surface area contributed by atoms with Crippen molar-refractivity contribution in [1.82, 2.24) is 5.01 Å². The van der Waals surface area contributed by atoms with Crippen LogP contribution in [0.3, 0.4) is 0 Å². The number of imide groups is 1. The molecule has 2 fully saturated rings. The van der Waals surface area contributed by atoms with Crippen molar-refractivity contribution in [2.45, 2.75) is 19.8 Å². The summed E-state index contributed by atoms with van der Waals surface area (Å²) in [5.74, 6) is -0.269. The van der Waals surface area contributed by atoms with Crippen LogP contribution >= 0.6 is 15.9 Å². The monoisotopic (exact) mass is 372 g/mol. The van der Waals surface area contributed by atoms with Crippen LogP contribution in [0.2, 0.25) is 0 Å². The van der Waals surface area contributed by atoms with Gasteiger partial charge >= 0.3 is 0 Å². The van der Waals surface area contributed by atoms with Gasteiger partial charge in [-0.05, 0) is 48.8 Å². The number of rotatable bonds is 2. The number of allylic oxidation sites excluding steroid dienone is 2. The minimum Gasteiger partial charge on any atom is -0.272 e. The van der Waals surface area contributed by atoms with E-state index in [-0.39, 0.29) is 35.5 Å². The standard InChI is InChI=1S/C18H17BrN2O2/c1-10-2-3-11(8-14(10)19)9-20-21-17(22)15-12-4-5-13(7-6-12)16(15)18(21)23/h2-5,8-9,12-13,15-16H,6-7H2,1H3/b20-9-/t12-,13-,15-,16+/m0/s1. The van der Waals surface area contributed by atoms with E-state index >= 15 is 0 Å². The smallest absolute Gasteiger partial charge is 0.254 e. The van der Waals surface area contributed by atoms with Crippen molar-refractivity contribution in [2.75, 3.05) is 0 Å². The van der Waals surface area contributed by atoms with Gasteiger partial charge in [0.2, 0.25) is 0 Å². The number of amides is 2. The number of nitrogens with zero attached hydrogens (tertiary/aromatic N) is 2. The van der Waals surface area contributed by atoms with Gasteiger partial charge in [-0.25, -0.2) is 0 Å². The second kappa shape index (κ2) is 5.41. The van der Waals surface area contributed by atoms with Crippen LogP contribution in [-0.2, 0) is 9.59 Å². The van der Waals surface area contributed by atoms with Gasteiger partial charge in [0.05, 0.1) is 18.1 Å². The highest BCUT2D eigenvalue weighted by molar-refractivity contribution is 9.10. The number of aryl methyl sites for hydroxylation is 1. The molecule has 5 rings (SSSR count). The molecule has 1 aliphatic heterocycles. The molecule has 0 aromatic heterocycles. The van der Waals surface area contributed by atoms with Crippen LogP contribution in [-0.4, -0.2) is 23.0 Å². The van der Waals surface area contributed by atoms with Gasteiger partial charge < -0.3 is 0 Å². The zero-order valence-electron chi connectivity index (χ0n) is 12.8. The largest absolute Gasteiger partial charge is 0.272 e. The fraction of sp³-hybridized carbons (Fsp3) is 0.389. The first kappa shape index (κ1) is 14.8. The first-order valence-corrected chi connectivity index (χ1v) is 8.72. The Bertz CT molecular complexity index is 723. The molecule has 3 aliphatic carbocycles. The summed E-state index contributed by atoms with van der Waals surface area (Å²) in [7, 11) is 0. The van der Waals surface area contributed by atoms with Crippen molar-refractivity contribution in [3.05, 3.63) is 46.0 Å². The Labute approximate surface area is 143 Å². The number of benzene rings is 1. The summed E-state index contributed by atoms with van der Waals surface area (Å²) in [5, 5.41) is 5.31. The first-order chi connectivity index (χ1) is 11.1. The molecule has 2 amide bonds. The maximum atomic E-state index is 12.6. The Balaban J connectivity index is 1.60. The summed E-state index contributed by atoms with van der Waals surface area (Å²) in [6.45, 7) is 2.01. The van der Waals surface area contributed by atoms with Crippen LogP contribution in [0.5, 0.6) is 0 Å². The minimum atomic E-state index is -0.201. The molecule has 4 aliphatic rings. The third kappa shape index (κ3) is 2.29. The maximum absolute atomic E-state index is 12.6. The normalized spacial score (nSPS) is 32.2. The summed E-state index contributed by atoms with van der Waals surface area (Å²) in [6.07, 6.45) is 7.83. The second-order valence-electron chi connectivity index (χ2n) is 6.58. The molecule has 0 unspecified atom stereocenters. The predicted molar refractivity (Wildman–Crippen MR) is 90.7 cm³/mol. The van der Waals surface area contributed by atoms with E-state index in [2.05, 4.69) is 33.2 Å². The number of hydrogen-bond acceptors (Lipinski definition) is 3. The van der Waals surface area contributed by atoms with Crippen molar-refractivity contribution < 1.29 is 9.59 Å². The Morgan fingerprint density at radius 1 is 1.13 bits per heavy atom. The van der Waals surface area contributed by atoms with Crippen molar-refractivity contribution in [2.24, 2.45) is 28.8 Å². The second-order valence-corrected chi connectivity index (χ2v) is 7.44. The van der Waals surface area contributed by atoms with Gasteiger partial charge in [0, 0.05) is 4.47 Å². The van der Waals surface area contributed by atoms with Gasteiger partial charge in [-0.15, -0.1) is 0 Å². The van der Waals surface area contributed by atoms with E-state index < -0.39 is 0 Å². The van der Waals surface area contributed by atoms with Gasteiger partial charge in [-0.1, -0.05) is 40.2 Å². The lowest BCUT2D eigenvalue weighted by molar-refractivity contribution is -0.140. The molecule has 5 heteroatoms. The Morgan fingerprint density at radius 2 is 1.74 bits per heavy atom. The number of hydrazone groups is 1. The van der Waals surface area contributed by atoms with Gasteiger partial charge in [-0.2, -0.15) is 10.1 Å². The Kier molecular flexibility index (Phi) is 3.48. The Hall–Kier alpha value is -1.75. The summed E-state index contributed by atoms with van der Waals surface area (Å²) in [5.41, 5.74) is 1.99. The molecule has 1 aromatic rings. The number of fused-ring (bicyclic) bond motifs is 1. The van der Waals surface area contributed by atoms with Gasteiger partial charge in [-0.3, -0.25) is 9.59 Å². The quantitative estimate of drug-likeness (QED) is 0.454. The molecule has 4 atom stereocenters. The lowest BCUT2D eigenvalue weighted by Gasteiger charge is -2.37. The zero-order chi connectivity index (χ0) is 16.1. The molecule has 0 N–H and O–H groups in total. The van der Waals surface area contributed by atoms with Crippen molar-refractivity contribution in [3.63, 3.8) is 0 Å². The third-order valence-electron chi connectivity index (χ3n) is 5.25. The Morgan fingerprint density at radius 3 is 2.26 bits per heavy atom. The lowest BCUT2D eigenvalue weighted by Crippen LogP contribution is -2.38. The maximum Gasteiger partial charge on any atom is 0.254 e. The number of carbonyl (C=O) groups excluding carboxylic acids is 2. The van der Waals surface area contributed by atoms with Gasteiger partial charge in [0.15, 0.2) is 0 Å². The van der Waals surface area contributed by atoms with Crippen molar-refractivity contribution in [3.8, 4) is 0 Å². The summed E-state index contributed by atoms with van der Waals surface area (Å²) < 4.78 is 0.983. The van der Waals surface area contributed by atoms with Crippen LogP contribution in [0.4, 0.5) is 0 Å². The minimum absolute atomic E-state index is 0.138. The molecule has 4 nitrogen and oxygen atoms in total. The van der Waals surface area contributed by atoms with Gasteiger partial charge in [0.1, 0.15) is 0 Å². The molecule has 2 bridgehead atoms. The molecular formula is C18H17BrN2O2. The predicted octanol–water partition coefficient (Wildman–Crippen LogP) is 3.29. The van der Waals surface area contributed by atoms with E-state index in [1.165, 1.54) is 0 Å². The van der Waals surface area contributed by atoms with Crippen LogP contribution in [0.25, 0.3) is 0 Å². The highest BCUT2D eigenvalue weighted by Crippen LogP contribution is 2.49. The molecule has 23 heavy (non-hydrogen) atoms. The van der Waals surface area contributed by atoms with Crippen molar-refractivity contribution in [1.29, 1.82) is 0 Å². The van der Waals surface area contributed by atoms with E-state index in [0.717, 1.165) is 33.5 Å². The number of carbonyl (C=O) groups is 2. The fourth-order valence-corrected chi connectivity index (χ4v) is 4.38. The molecule has 1 aromatic carbocycles. The topological polar surface area (TPSA) is 49.7 Å². The highest BCUT2D eigenvalue weighted by Gasteiger charge is 2.56. The highest BCUT2D eigenvalue weighted by atomic mass is 79.9. The fourth-order valence-electron chi connectivity index (χ4n) is 3.99. The van der Waals surface area contributed by atoms with E-state index in [4.69, 9.17) is 0 Å². The average Bonchev–Trinajstić information content (AvgIpc) is 2.83. The van der Waals surface area contributed by atoms with E-state index in [9.17, 15) is 9.59 Å². The molecule has 0 radical (unpaired) electrons. The summed E-state index contributed by atoms with van der Waals surface area (Å²) in [4.78, 5) is 25.3. The summed E-state index contributed by atoms with van der Waals surface area (Å²) >= 11 is 3.48. The van der Waals surface area contributed by atoms with Crippen LogP contribution in [0.1, 0.15) is 24.0 Å². The number of halogens is 1. The van der Waals surface area contributed by atoms with Gasteiger partial charge in [0.25, 0.3) is 11.8 Å². The molecule has 1 saturated carbocycles. The molecule has 1 saturated heterocycles. The summed E-state index contributed by atoms with van der Waals surface area (Å²) in [6, 6.07) is 5.83. The molecule has 118 valence electrons.